The van der Waals surface area contributed by atoms with Crippen molar-refractivity contribution < 1.29 is 50.1 Å². The van der Waals surface area contributed by atoms with Crippen molar-refractivity contribution in [3.8, 4) is 0 Å². The average Bonchev–Trinajstić information content (AvgIpc) is 2.43. The van der Waals surface area contributed by atoms with Gasteiger partial charge < -0.3 is 15.3 Å². The molecule has 7 heteroatoms. The number of carboxylic acid groups (broad SMARTS) is 3. The zero-order valence-corrected chi connectivity index (χ0v) is 16.6. The summed E-state index contributed by atoms with van der Waals surface area (Å²) in [5.74, 6) is -2.50. The Hall–Kier alpha value is -1.40. The third-order valence-corrected chi connectivity index (χ3v) is 4.62. The number of carboxylic acids is 3. The van der Waals surface area contributed by atoms with E-state index in [2.05, 4.69) is 55.1 Å². The molecule has 1 aliphatic carbocycles. The molecule has 0 aromatic heterocycles. The van der Waals surface area contributed by atoms with Gasteiger partial charge in [0.2, 0.25) is 0 Å². The molecule has 0 fully saturated rings. The van der Waals surface area contributed by atoms with Gasteiger partial charge in [0.05, 0.1) is 0 Å². The van der Waals surface area contributed by atoms with E-state index in [-0.39, 0.29) is 0 Å². The van der Waals surface area contributed by atoms with Crippen molar-refractivity contribution in [3.05, 3.63) is 20.6 Å². The first-order chi connectivity index (χ1) is 10.1. The van der Waals surface area contributed by atoms with E-state index in [4.69, 9.17) is 29.7 Å². The summed E-state index contributed by atoms with van der Waals surface area (Å²) in [6.07, 6.45) is 0. The van der Waals surface area contributed by atoms with Crippen LogP contribution < -0.4 is 0 Å². The third kappa shape index (κ3) is 14.0. The number of hydrogen-bond donors (Lipinski definition) is 3. The standard InChI is InChI=1S/C10H15.3C2H4O2.Ti/c1-7-6-10(4,5)9(3)8(7)2;3*1-2(3)4;/h1-5H3;3*1H3,(H,3,4);. The van der Waals surface area contributed by atoms with Crippen LogP contribution in [0.25, 0.3) is 0 Å². The quantitative estimate of drug-likeness (QED) is 0.568. The first kappa shape index (κ1) is 26.5. The Kier molecular flexibility index (Phi) is 13.9. The van der Waals surface area contributed by atoms with Crippen LogP contribution in [0, 0.1) is 5.41 Å². The van der Waals surface area contributed by atoms with Gasteiger partial charge in [-0.2, -0.15) is 0 Å². The number of aliphatic carboxylic acids is 3. The van der Waals surface area contributed by atoms with Crippen LogP contribution in [-0.4, -0.2) is 33.2 Å². The molecule has 23 heavy (non-hydrogen) atoms. The van der Waals surface area contributed by atoms with Crippen LogP contribution in [-0.2, 0) is 34.8 Å². The molecule has 0 unspecified atom stereocenters. The predicted molar refractivity (Wildman–Crippen MR) is 84.8 cm³/mol. The fourth-order valence-electron chi connectivity index (χ4n) is 1.59. The second-order valence-electron chi connectivity index (χ2n) is 5.43. The molecule has 0 aromatic carbocycles. The van der Waals surface area contributed by atoms with Gasteiger partial charge in [-0.25, -0.2) is 0 Å². The predicted octanol–water partition coefficient (Wildman–Crippen LogP) is 3.46. The minimum atomic E-state index is -0.833. The van der Waals surface area contributed by atoms with E-state index in [1.54, 1.807) is 0 Å². The van der Waals surface area contributed by atoms with Crippen molar-refractivity contribution in [3.63, 3.8) is 0 Å². The SMILES string of the molecule is CC(=O)O.CC(=O)O.CC(=O)O.CC1=C(C)C(C)(C)[C]([Ti])=C1C. The second kappa shape index (κ2) is 12.1. The monoisotopic (exact) mass is 363 g/mol. The summed E-state index contributed by atoms with van der Waals surface area (Å²) in [5.41, 5.74) is 4.83. The molecule has 6 nitrogen and oxygen atoms in total. The molecule has 3 N–H and O–H groups in total. The average molecular weight is 363 g/mol. The molecular weight excluding hydrogens is 336 g/mol. The molecular formula is C16H27O6Ti. The fraction of sp³-hybridized carbons (Fsp3) is 0.562. The van der Waals surface area contributed by atoms with Crippen molar-refractivity contribution >= 4 is 17.9 Å². The Morgan fingerprint density at radius 2 is 1.00 bits per heavy atom. The summed E-state index contributed by atoms with van der Waals surface area (Å²) >= 11 is 2.25. The van der Waals surface area contributed by atoms with Crippen molar-refractivity contribution in [1.29, 1.82) is 0 Å². The van der Waals surface area contributed by atoms with Gasteiger partial charge in [-0.3, -0.25) is 14.4 Å². The normalized spacial score (nSPS) is 14.4. The van der Waals surface area contributed by atoms with Crippen molar-refractivity contribution in [2.45, 2.75) is 55.4 Å². The van der Waals surface area contributed by atoms with Crippen LogP contribution in [0.1, 0.15) is 55.4 Å². The molecule has 0 aliphatic heterocycles. The molecule has 0 atom stereocenters. The molecule has 0 saturated carbocycles. The van der Waals surface area contributed by atoms with E-state index in [0.717, 1.165) is 20.8 Å². The van der Waals surface area contributed by atoms with Crippen LogP contribution in [0.15, 0.2) is 20.6 Å². The van der Waals surface area contributed by atoms with Crippen molar-refractivity contribution in [2.75, 3.05) is 0 Å². The first-order valence-electron chi connectivity index (χ1n) is 6.78. The summed E-state index contributed by atoms with van der Waals surface area (Å²) in [5, 5.41) is 22.2. The number of allylic oxidation sites excluding steroid dienone is 4. The zero-order chi connectivity index (χ0) is 19.5. The van der Waals surface area contributed by atoms with E-state index >= 15 is 0 Å². The van der Waals surface area contributed by atoms with Gasteiger partial charge in [-0.05, 0) is 0 Å². The summed E-state index contributed by atoms with van der Waals surface area (Å²) in [6.45, 7) is 14.6. The van der Waals surface area contributed by atoms with Gasteiger partial charge in [0.15, 0.2) is 0 Å². The fourth-order valence-corrected chi connectivity index (χ4v) is 2.18. The molecule has 0 radical (unpaired) electrons. The molecule has 0 spiro atoms. The second-order valence-corrected chi connectivity index (χ2v) is 6.21. The van der Waals surface area contributed by atoms with E-state index in [1.165, 1.54) is 20.6 Å². The maximum absolute atomic E-state index is 9.00. The molecule has 0 saturated heterocycles. The molecule has 1 aliphatic rings. The van der Waals surface area contributed by atoms with Crippen LogP contribution in [0.5, 0.6) is 0 Å². The molecule has 1 rings (SSSR count). The number of carbonyl (C=O) groups is 3. The van der Waals surface area contributed by atoms with Gasteiger partial charge in [0, 0.05) is 20.8 Å². The summed E-state index contributed by atoms with van der Waals surface area (Å²) in [4.78, 5) is 27.0. The van der Waals surface area contributed by atoms with Crippen molar-refractivity contribution in [1.82, 2.24) is 0 Å². The Bertz CT molecular complexity index is 434. The summed E-state index contributed by atoms with van der Waals surface area (Å²) in [7, 11) is 0. The Morgan fingerprint density at radius 3 is 1.04 bits per heavy atom. The maximum atomic E-state index is 9.00. The van der Waals surface area contributed by atoms with Gasteiger partial charge in [-0.1, -0.05) is 0 Å². The van der Waals surface area contributed by atoms with E-state index in [1.807, 2.05) is 0 Å². The van der Waals surface area contributed by atoms with Gasteiger partial charge >= 0.3 is 81.1 Å². The van der Waals surface area contributed by atoms with E-state index in [9.17, 15) is 0 Å². The molecule has 131 valence electrons. The van der Waals surface area contributed by atoms with E-state index < -0.39 is 17.9 Å². The summed E-state index contributed by atoms with van der Waals surface area (Å²) < 4.78 is 1.53. The first-order valence-corrected chi connectivity index (χ1v) is 7.56. The van der Waals surface area contributed by atoms with Crippen LogP contribution >= 0.6 is 0 Å². The number of hydrogen-bond acceptors (Lipinski definition) is 3. The van der Waals surface area contributed by atoms with Crippen molar-refractivity contribution in [2.24, 2.45) is 5.41 Å². The molecule has 0 aromatic rings. The van der Waals surface area contributed by atoms with Crippen LogP contribution in [0.4, 0.5) is 0 Å². The van der Waals surface area contributed by atoms with Gasteiger partial charge in [-0.15, -0.1) is 0 Å². The Labute approximate surface area is 149 Å². The van der Waals surface area contributed by atoms with Crippen LogP contribution in [0.2, 0.25) is 0 Å². The zero-order valence-electron chi connectivity index (χ0n) is 15.1. The Morgan fingerprint density at radius 1 is 0.783 bits per heavy atom. The summed E-state index contributed by atoms with van der Waals surface area (Å²) in [6, 6.07) is 0. The van der Waals surface area contributed by atoms with Gasteiger partial charge in [0.1, 0.15) is 0 Å². The molecule has 0 bridgehead atoms. The topological polar surface area (TPSA) is 112 Å². The number of rotatable bonds is 0. The third-order valence-electron chi connectivity index (χ3n) is 3.06. The van der Waals surface area contributed by atoms with E-state index in [0.29, 0.717) is 5.41 Å². The Balaban J connectivity index is -0.000000278. The molecule has 0 amide bonds. The van der Waals surface area contributed by atoms with Gasteiger partial charge in [0.25, 0.3) is 17.9 Å². The van der Waals surface area contributed by atoms with Crippen LogP contribution in [0.3, 0.4) is 0 Å². The minimum absolute atomic E-state index is 0.314. The molecule has 0 heterocycles.